The summed E-state index contributed by atoms with van der Waals surface area (Å²) in [5, 5.41) is 2.69. The first-order chi connectivity index (χ1) is 15.8. The molecule has 0 saturated heterocycles. The standard InChI is InChI=1S/C25H30N2O6/c1-16(2)19-9-17(3)10-20(11-19)32-14-22(28)18-5-6-23-21(12-18)27(25(30)15-33-23)13-24(29)26-7-8-31-4/h5-6,9-12,16H,7-8,13-15H2,1-4H3,(H,26,29). The number of benzene rings is 2. The number of amides is 2. The fourth-order valence-electron chi connectivity index (χ4n) is 3.47. The number of ketones is 1. The summed E-state index contributed by atoms with van der Waals surface area (Å²) in [5.41, 5.74) is 2.96. The van der Waals surface area contributed by atoms with Gasteiger partial charge in [-0.1, -0.05) is 19.9 Å². The van der Waals surface area contributed by atoms with E-state index >= 15 is 0 Å². The third-order valence-corrected chi connectivity index (χ3v) is 5.26. The van der Waals surface area contributed by atoms with Crippen LogP contribution >= 0.6 is 0 Å². The monoisotopic (exact) mass is 454 g/mol. The van der Waals surface area contributed by atoms with E-state index in [4.69, 9.17) is 14.2 Å². The molecule has 0 aromatic heterocycles. The predicted octanol–water partition coefficient (Wildman–Crippen LogP) is 2.87. The zero-order chi connectivity index (χ0) is 24.0. The largest absolute Gasteiger partial charge is 0.485 e. The number of hydrogen-bond acceptors (Lipinski definition) is 6. The first kappa shape index (κ1) is 24.3. The van der Waals surface area contributed by atoms with E-state index in [-0.39, 0.29) is 37.4 Å². The van der Waals surface area contributed by atoms with Crippen LogP contribution in [0.15, 0.2) is 36.4 Å². The average Bonchev–Trinajstić information content (AvgIpc) is 2.79. The lowest BCUT2D eigenvalue weighted by Crippen LogP contribution is -2.45. The maximum Gasteiger partial charge on any atom is 0.265 e. The molecule has 2 aromatic carbocycles. The van der Waals surface area contributed by atoms with Gasteiger partial charge >= 0.3 is 0 Å². The molecule has 8 heteroatoms. The molecule has 2 amide bonds. The molecule has 0 radical (unpaired) electrons. The Labute approximate surface area is 193 Å². The number of hydrogen-bond donors (Lipinski definition) is 1. The molecule has 0 unspecified atom stereocenters. The van der Waals surface area contributed by atoms with Crippen LogP contribution in [0.25, 0.3) is 0 Å². The van der Waals surface area contributed by atoms with Crippen LogP contribution in [0.5, 0.6) is 11.5 Å². The number of nitrogens with zero attached hydrogens (tertiary/aromatic N) is 1. The van der Waals surface area contributed by atoms with E-state index in [0.717, 1.165) is 11.1 Å². The smallest absolute Gasteiger partial charge is 0.265 e. The summed E-state index contributed by atoms with van der Waals surface area (Å²) in [6.45, 7) is 6.42. The second-order valence-corrected chi connectivity index (χ2v) is 8.24. The normalized spacial score (nSPS) is 12.9. The van der Waals surface area contributed by atoms with Crippen LogP contribution in [0.3, 0.4) is 0 Å². The molecule has 2 aromatic rings. The average molecular weight is 455 g/mol. The summed E-state index contributed by atoms with van der Waals surface area (Å²) >= 11 is 0. The number of carbonyl (C=O) groups is 3. The Morgan fingerprint density at radius 3 is 2.70 bits per heavy atom. The first-order valence-corrected chi connectivity index (χ1v) is 10.9. The second-order valence-electron chi connectivity index (χ2n) is 8.24. The molecular weight excluding hydrogens is 424 g/mol. The van der Waals surface area contributed by atoms with Crippen molar-refractivity contribution >= 4 is 23.3 Å². The molecule has 3 rings (SSSR count). The van der Waals surface area contributed by atoms with Gasteiger partial charge in [-0.25, -0.2) is 0 Å². The lowest BCUT2D eigenvalue weighted by Gasteiger charge is -2.29. The van der Waals surface area contributed by atoms with Crippen molar-refractivity contribution in [2.45, 2.75) is 26.7 Å². The Kier molecular flexibility index (Phi) is 8.06. The van der Waals surface area contributed by atoms with Crippen molar-refractivity contribution in [2.24, 2.45) is 0 Å². The third-order valence-electron chi connectivity index (χ3n) is 5.26. The summed E-state index contributed by atoms with van der Waals surface area (Å²) in [6, 6.07) is 10.8. The van der Waals surface area contributed by atoms with Crippen molar-refractivity contribution < 1.29 is 28.6 Å². The number of rotatable bonds is 10. The fraction of sp³-hybridized carbons (Fsp3) is 0.400. The Bertz CT molecular complexity index is 1030. The number of methoxy groups -OCH3 is 1. The van der Waals surface area contributed by atoms with E-state index in [1.807, 2.05) is 19.1 Å². The van der Waals surface area contributed by atoms with Crippen molar-refractivity contribution in [1.29, 1.82) is 0 Å². The quantitative estimate of drug-likeness (QED) is 0.438. The topological polar surface area (TPSA) is 94.2 Å². The van der Waals surface area contributed by atoms with Gasteiger partial charge in [0.2, 0.25) is 5.91 Å². The molecule has 1 aliphatic rings. The zero-order valence-corrected chi connectivity index (χ0v) is 19.5. The van der Waals surface area contributed by atoms with E-state index in [1.165, 1.54) is 4.90 Å². The molecule has 1 aliphatic heterocycles. The van der Waals surface area contributed by atoms with Gasteiger partial charge in [-0.15, -0.1) is 0 Å². The Hall–Kier alpha value is -3.39. The summed E-state index contributed by atoms with van der Waals surface area (Å²) in [7, 11) is 1.54. The van der Waals surface area contributed by atoms with Crippen LogP contribution < -0.4 is 19.7 Å². The molecule has 0 fully saturated rings. The number of anilines is 1. The number of fused-ring (bicyclic) bond motifs is 1. The van der Waals surface area contributed by atoms with E-state index in [2.05, 4.69) is 25.2 Å². The van der Waals surface area contributed by atoms with Gasteiger partial charge in [0.05, 0.1) is 12.3 Å². The predicted molar refractivity (Wildman–Crippen MR) is 124 cm³/mol. The highest BCUT2D eigenvalue weighted by Gasteiger charge is 2.28. The van der Waals surface area contributed by atoms with Crippen LogP contribution in [-0.4, -0.2) is 57.6 Å². The number of aryl methyl sites for hydroxylation is 1. The Morgan fingerprint density at radius 2 is 1.97 bits per heavy atom. The van der Waals surface area contributed by atoms with E-state index < -0.39 is 0 Å². The number of Topliss-reactive ketones (excluding diaryl/α,β-unsaturated/α-hetero) is 1. The van der Waals surface area contributed by atoms with Crippen molar-refractivity contribution in [1.82, 2.24) is 5.32 Å². The highest BCUT2D eigenvalue weighted by Crippen LogP contribution is 2.33. The minimum atomic E-state index is -0.355. The number of nitrogens with one attached hydrogen (secondary N) is 1. The summed E-state index contributed by atoms with van der Waals surface area (Å²) in [4.78, 5) is 38.8. The van der Waals surface area contributed by atoms with Crippen molar-refractivity contribution in [3.63, 3.8) is 0 Å². The van der Waals surface area contributed by atoms with Crippen LogP contribution in [0, 0.1) is 6.92 Å². The van der Waals surface area contributed by atoms with Crippen LogP contribution in [0.1, 0.15) is 41.3 Å². The molecule has 0 aliphatic carbocycles. The van der Waals surface area contributed by atoms with Crippen LogP contribution in [-0.2, 0) is 14.3 Å². The lowest BCUT2D eigenvalue weighted by molar-refractivity contribution is -0.125. The minimum absolute atomic E-state index is 0.147. The van der Waals surface area contributed by atoms with Gasteiger partial charge < -0.3 is 19.5 Å². The molecule has 0 bridgehead atoms. The van der Waals surface area contributed by atoms with E-state index in [1.54, 1.807) is 25.3 Å². The van der Waals surface area contributed by atoms with Crippen molar-refractivity contribution in [2.75, 3.05) is 44.9 Å². The van der Waals surface area contributed by atoms with Gasteiger partial charge in [-0.3, -0.25) is 19.3 Å². The molecule has 33 heavy (non-hydrogen) atoms. The molecular formula is C25H30N2O6. The summed E-state index contributed by atoms with van der Waals surface area (Å²) < 4.78 is 16.2. The highest BCUT2D eigenvalue weighted by molar-refractivity contribution is 6.04. The Balaban J connectivity index is 1.72. The molecule has 0 saturated carbocycles. The number of ether oxygens (including phenoxy) is 3. The zero-order valence-electron chi connectivity index (χ0n) is 19.5. The molecule has 1 heterocycles. The van der Waals surface area contributed by atoms with Gasteiger partial charge in [-0.2, -0.15) is 0 Å². The first-order valence-electron chi connectivity index (χ1n) is 10.9. The van der Waals surface area contributed by atoms with Gasteiger partial charge in [0.1, 0.15) is 18.0 Å². The molecule has 176 valence electrons. The molecule has 0 spiro atoms. The maximum absolute atomic E-state index is 12.8. The summed E-state index contributed by atoms with van der Waals surface area (Å²) in [6.07, 6.45) is 0. The van der Waals surface area contributed by atoms with Crippen molar-refractivity contribution in [3.8, 4) is 11.5 Å². The lowest BCUT2D eigenvalue weighted by atomic mass is 10.0. The van der Waals surface area contributed by atoms with Gasteiger partial charge in [0, 0.05) is 19.2 Å². The summed E-state index contributed by atoms with van der Waals surface area (Å²) in [5.74, 6) is 0.501. The second kappa shape index (κ2) is 11.0. The minimum Gasteiger partial charge on any atom is -0.485 e. The van der Waals surface area contributed by atoms with Crippen molar-refractivity contribution in [3.05, 3.63) is 53.1 Å². The van der Waals surface area contributed by atoms with E-state index in [9.17, 15) is 14.4 Å². The fourth-order valence-corrected chi connectivity index (χ4v) is 3.47. The van der Waals surface area contributed by atoms with Gasteiger partial charge in [0.15, 0.2) is 19.0 Å². The number of carbonyl (C=O) groups excluding carboxylic acids is 3. The SMILES string of the molecule is COCCNC(=O)CN1C(=O)COc2ccc(C(=O)COc3cc(C)cc(C(C)C)c3)cc21. The maximum atomic E-state index is 12.8. The third kappa shape index (κ3) is 6.32. The van der Waals surface area contributed by atoms with Gasteiger partial charge in [-0.05, 0) is 54.3 Å². The Morgan fingerprint density at radius 1 is 1.18 bits per heavy atom. The molecule has 8 nitrogen and oxygen atoms in total. The van der Waals surface area contributed by atoms with Crippen LogP contribution in [0.2, 0.25) is 0 Å². The van der Waals surface area contributed by atoms with E-state index in [0.29, 0.717) is 41.8 Å². The van der Waals surface area contributed by atoms with Crippen LogP contribution in [0.4, 0.5) is 5.69 Å². The molecule has 1 N–H and O–H groups in total. The molecule has 0 atom stereocenters. The highest BCUT2D eigenvalue weighted by atomic mass is 16.5. The van der Waals surface area contributed by atoms with Gasteiger partial charge in [0.25, 0.3) is 5.91 Å².